The first-order chi connectivity index (χ1) is 9.67. The highest BCUT2D eigenvalue weighted by atomic mass is 16.5. The third-order valence-electron chi connectivity index (χ3n) is 3.73. The van der Waals surface area contributed by atoms with Crippen LogP contribution in [0.1, 0.15) is 44.9 Å². The van der Waals surface area contributed by atoms with Gasteiger partial charge in [-0.05, 0) is 19.8 Å². The highest BCUT2D eigenvalue weighted by Gasteiger charge is 2.31. The van der Waals surface area contributed by atoms with Crippen LogP contribution in [0.25, 0.3) is 0 Å². The number of ether oxygens (including phenoxy) is 1. The summed E-state index contributed by atoms with van der Waals surface area (Å²) in [5, 5.41) is 13.1. The van der Waals surface area contributed by atoms with Crippen molar-refractivity contribution in [2.75, 3.05) is 24.3 Å². The second kappa shape index (κ2) is 6.85. The van der Waals surface area contributed by atoms with Crippen LogP contribution < -0.4 is 11.1 Å². The number of nitrogens with one attached hydrogen (secondary N) is 1. The van der Waals surface area contributed by atoms with Gasteiger partial charge in [0.05, 0.1) is 12.1 Å². The maximum Gasteiger partial charge on any atom is 0.158 e. The van der Waals surface area contributed by atoms with E-state index in [1.165, 1.54) is 6.42 Å². The van der Waals surface area contributed by atoms with Crippen molar-refractivity contribution in [3.05, 3.63) is 11.9 Å². The lowest BCUT2D eigenvalue weighted by molar-refractivity contribution is 0.128. The Balaban J connectivity index is 2.12. The molecule has 2 rings (SSSR count). The third kappa shape index (κ3) is 3.80. The van der Waals surface area contributed by atoms with Gasteiger partial charge in [-0.2, -0.15) is 0 Å². The predicted octanol–water partition coefficient (Wildman–Crippen LogP) is 1.70. The van der Waals surface area contributed by atoms with Crippen molar-refractivity contribution in [1.82, 2.24) is 9.97 Å². The average Bonchev–Trinajstić information content (AvgIpc) is 2.45. The van der Waals surface area contributed by atoms with Crippen molar-refractivity contribution in [2.45, 2.75) is 51.2 Å². The maximum absolute atomic E-state index is 9.72. The molecule has 0 aliphatic heterocycles. The summed E-state index contributed by atoms with van der Waals surface area (Å²) in [6, 6.07) is 1.71. The number of anilines is 2. The minimum Gasteiger partial charge on any atom is -0.394 e. The molecule has 1 saturated carbocycles. The summed E-state index contributed by atoms with van der Waals surface area (Å²) in [5.74, 6) is 1.66. The molecule has 4 N–H and O–H groups in total. The van der Waals surface area contributed by atoms with E-state index >= 15 is 0 Å². The standard InChI is InChI=1S/C14H24N4O2/c1-2-20-9-13-16-11(15)8-12(17-13)18-14(10-19)6-4-3-5-7-14/h8,19H,2-7,9-10H2,1H3,(H3,15,16,17,18). The number of aliphatic hydroxyl groups is 1. The topological polar surface area (TPSA) is 93.3 Å². The van der Waals surface area contributed by atoms with Crippen LogP contribution in [0.3, 0.4) is 0 Å². The predicted molar refractivity (Wildman–Crippen MR) is 78.3 cm³/mol. The zero-order valence-electron chi connectivity index (χ0n) is 12.1. The molecule has 1 fully saturated rings. The summed E-state index contributed by atoms with van der Waals surface area (Å²) in [6.07, 6.45) is 5.38. The molecular weight excluding hydrogens is 256 g/mol. The van der Waals surface area contributed by atoms with Crippen LogP contribution in [0.5, 0.6) is 0 Å². The molecule has 0 bridgehead atoms. The quantitative estimate of drug-likeness (QED) is 0.734. The molecule has 0 amide bonds. The Kier molecular flexibility index (Phi) is 5.14. The van der Waals surface area contributed by atoms with Crippen molar-refractivity contribution in [3.63, 3.8) is 0 Å². The number of aliphatic hydroxyl groups excluding tert-OH is 1. The second-order valence-corrected chi connectivity index (χ2v) is 5.36. The molecule has 1 aliphatic carbocycles. The Bertz CT molecular complexity index is 433. The van der Waals surface area contributed by atoms with Crippen LogP contribution in [-0.4, -0.2) is 33.8 Å². The normalized spacial score (nSPS) is 17.9. The summed E-state index contributed by atoms with van der Waals surface area (Å²) < 4.78 is 5.31. The number of hydrogen-bond donors (Lipinski definition) is 3. The number of aromatic nitrogens is 2. The van der Waals surface area contributed by atoms with E-state index in [0.29, 0.717) is 30.7 Å². The van der Waals surface area contributed by atoms with Gasteiger partial charge in [-0.3, -0.25) is 0 Å². The maximum atomic E-state index is 9.72. The molecule has 0 aromatic carbocycles. The number of rotatable bonds is 6. The van der Waals surface area contributed by atoms with Gasteiger partial charge < -0.3 is 20.9 Å². The summed E-state index contributed by atoms with van der Waals surface area (Å²) in [5.41, 5.74) is 5.54. The van der Waals surface area contributed by atoms with Crippen LogP contribution in [0, 0.1) is 0 Å². The van der Waals surface area contributed by atoms with Gasteiger partial charge in [0.2, 0.25) is 0 Å². The number of nitrogens with two attached hydrogens (primary N) is 1. The molecule has 0 saturated heterocycles. The van der Waals surface area contributed by atoms with E-state index in [0.717, 1.165) is 25.7 Å². The fourth-order valence-corrected chi connectivity index (χ4v) is 2.66. The largest absolute Gasteiger partial charge is 0.394 e. The molecule has 20 heavy (non-hydrogen) atoms. The number of nitrogen functional groups attached to an aromatic ring is 1. The van der Waals surface area contributed by atoms with Crippen molar-refractivity contribution < 1.29 is 9.84 Å². The third-order valence-corrected chi connectivity index (χ3v) is 3.73. The summed E-state index contributed by atoms with van der Waals surface area (Å²) >= 11 is 0. The SMILES string of the molecule is CCOCc1nc(N)cc(NC2(CO)CCCCC2)n1. The molecule has 1 heterocycles. The van der Waals surface area contributed by atoms with Gasteiger partial charge >= 0.3 is 0 Å². The molecule has 112 valence electrons. The van der Waals surface area contributed by atoms with Gasteiger partial charge in [0.25, 0.3) is 0 Å². The van der Waals surface area contributed by atoms with Gasteiger partial charge in [0.1, 0.15) is 18.2 Å². The fraction of sp³-hybridized carbons (Fsp3) is 0.714. The lowest BCUT2D eigenvalue weighted by atomic mass is 9.82. The molecule has 6 heteroatoms. The van der Waals surface area contributed by atoms with Gasteiger partial charge in [-0.1, -0.05) is 19.3 Å². The molecule has 1 aromatic rings. The number of hydrogen-bond acceptors (Lipinski definition) is 6. The van der Waals surface area contributed by atoms with Gasteiger partial charge in [0.15, 0.2) is 5.82 Å². The molecular formula is C14H24N4O2. The van der Waals surface area contributed by atoms with E-state index in [9.17, 15) is 5.11 Å². The Morgan fingerprint density at radius 2 is 2.10 bits per heavy atom. The second-order valence-electron chi connectivity index (χ2n) is 5.36. The van der Waals surface area contributed by atoms with Gasteiger partial charge in [-0.25, -0.2) is 9.97 Å². The highest BCUT2D eigenvalue weighted by Crippen LogP contribution is 2.31. The molecule has 6 nitrogen and oxygen atoms in total. The minimum atomic E-state index is -0.276. The first-order valence-electron chi connectivity index (χ1n) is 7.28. The van der Waals surface area contributed by atoms with Crippen molar-refractivity contribution in [1.29, 1.82) is 0 Å². The van der Waals surface area contributed by atoms with E-state index < -0.39 is 0 Å². The molecule has 1 aliphatic rings. The average molecular weight is 280 g/mol. The van der Waals surface area contributed by atoms with Crippen LogP contribution in [0.15, 0.2) is 6.07 Å². The van der Waals surface area contributed by atoms with Crippen molar-refractivity contribution >= 4 is 11.6 Å². The van der Waals surface area contributed by atoms with Crippen LogP contribution in [0.2, 0.25) is 0 Å². The highest BCUT2D eigenvalue weighted by molar-refractivity contribution is 5.46. The van der Waals surface area contributed by atoms with Crippen LogP contribution in [-0.2, 0) is 11.3 Å². The van der Waals surface area contributed by atoms with Gasteiger partial charge in [0, 0.05) is 12.7 Å². The van der Waals surface area contributed by atoms with Crippen molar-refractivity contribution in [3.8, 4) is 0 Å². The molecule has 0 spiro atoms. The first-order valence-corrected chi connectivity index (χ1v) is 7.28. The van der Waals surface area contributed by atoms with Crippen molar-refractivity contribution in [2.24, 2.45) is 0 Å². The van der Waals surface area contributed by atoms with E-state index in [1.54, 1.807) is 6.07 Å². The van der Waals surface area contributed by atoms with Crippen LogP contribution >= 0.6 is 0 Å². The van der Waals surface area contributed by atoms with E-state index in [1.807, 2.05) is 6.92 Å². The Morgan fingerprint density at radius 1 is 1.35 bits per heavy atom. The van der Waals surface area contributed by atoms with E-state index in [4.69, 9.17) is 10.5 Å². The monoisotopic (exact) mass is 280 g/mol. The molecule has 0 atom stereocenters. The Hall–Kier alpha value is -1.40. The Morgan fingerprint density at radius 3 is 2.75 bits per heavy atom. The minimum absolute atomic E-state index is 0.109. The summed E-state index contributed by atoms with van der Waals surface area (Å²) in [6.45, 7) is 3.00. The zero-order chi connectivity index (χ0) is 14.4. The summed E-state index contributed by atoms with van der Waals surface area (Å²) in [7, 11) is 0. The number of nitrogens with zero attached hydrogens (tertiary/aromatic N) is 2. The van der Waals surface area contributed by atoms with Gasteiger partial charge in [-0.15, -0.1) is 0 Å². The zero-order valence-corrected chi connectivity index (χ0v) is 12.1. The Labute approximate surface area is 119 Å². The fourth-order valence-electron chi connectivity index (χ4n) is 2.66. The lowest BCUT2D eigenvalue weighted by Gasteiger charge is -2.37. The smallest absolute Gasteiger partial charge is 0.158 e. The van der Waals surface area contributed by atoms with E-state index in [2.05, 4.69) is 15.3 Å². The summed E-state index contributed by atoms with van der Waals surface area (Å²) in [4.78, 5) is 8.57. The van der Waals surface area contributed by atoms with E-state index in [-0.39, 0.29) is 12.1 Å². The molecule has 0 unspecified atom stereocenters. The first kappa shape index (κ1) is 15.0. The molecule has 0 radical (unpaired) electrons. The molecule has 1 aromatic heterocycles. The van der Waals surface area contributed by atoms with Crippen LogP contribution in [0.4, 0.5) is 11.6 Å². The lowest BCUT2D eigenvalue weighted by Crippen LogP contribution is -2.44.